The smallest absolute Gasteiger partial charge is 0.235 e. The number of carbonyl (C=O) groups is 2. The number of rotatable bonds is 4. The van der Waals surface area contributed by atoms with Crippen LogP contribution in [-0.2, 0) is 16.1 Å². The number of aromatic nitrogens is 2. The number of anilines is 1. The van der Waals surface area contributed by atoms with Gasteiger partial charge >= 0.3 is 0 Å². The zero-order valence-electron chi connectivity index (χ0n) is 10.1. The van der Waals surface area contributed by atoms with Crippen molar-refractivity contribution in [3.8, 4) is 0 Å². The molecule has 0 spiro atoms. The van der Waals surface area contributed by atoms with Gasteiger partial charge in [0.05, 0.1) is 31.4 Å². The predicted octanol–water partition coefficient (Wildman–Crippen LogP) is -0.250. The fourth-order valence-corrected chi connectivity index (χ4v) is 1.74. The number of hydrogen-bond acceptors (Lipinski definition) is 4. The number of nitrogens with zero attached hydrogens (tertiary/aromatic N) is 4. The van der Waals surface area contributed by atoms with Gasteiger partial charge in [0.1, 0.15) is 0 Å². The minimum Gasteiger partial charge on any atom is -0.308 e. The molecule has 6 heteroatoms. The van der Waals surface area contributed by atoms with Crippen molar-refractivity contribution in [1.82, 2.24) is 14.7 Å². The van der Waals surface area contributed by atoms with Crippen LogP contribution in [0.3, 0.4) is 0 Å². The summed E-state index contributed by atoms with van der Waals surface area (Å²) in [5.74, 6) is -0.168. The summed E-state index contributed by atoms with van der Waals surface area (Å²) in [5.41, 5.74) is 0.708. The normalized spacial score (nSPS) is 16.3. The maximum absolute atomic E-state index is 11.5. The maximum atomic E-state index is 11.5. The molecule has 6 nitrogen and oxygen atoms in total. The first-order valence-electron chi connectivity index (χ1n) is 5.55. The van der Waals surface area contributed by atoms with Crippen molar-refractivity contribution in [2.24, 2.45) is 0 Å². The highest BCUT2D eigenvalue weighted by Crippen LogP contribution is 2.18. The molecule has 0 N–H and O–H groups in total. The third kappa shape index (κ3) is 2.71. The Balaban J connectivity index is 2.03. The summed E-state index contributed by atoms with van der Waals surface area (Å²) in [4.78, 5) is 26.2. The van der Waals surface area contributed by atoms with Gasteiger partial charge in [0.2, 0.25) is 5.91 Å². The Labute approximate surface area is 99.8 Å². The Kier molecular flexibility index (Phi) is 3.23. The third-order valence-electron chi connectivity index (χ3n) is 2.69. The zero-order chi connectivity index (χ0) is 12.4. The minimum absolute atomic E-state index is 0.0167. The molecule has 2 rings (SSSR count). The molecule has 2 heterocycles. The van der Waals surface area contributed by atoms with Gasteiger partial charge in [-0.15, -0.1) is 0 Å². The molecule has 0 aliphatic carbocycles. The fraction of sp³-hybridized carbons (Fsp3) is 0.545. The molecule has 0 aromatic carbocycles. The number of carbonyl (C=O) groups excluding carboxylic acids is 2. The van der Waals surface area contributed by atoms with E-state index in [9.17, 15) is 9.59 Å². The molecule has 1 aliphatic rings. The van der Waals surface area contributed by atoms with Gasteiger partial charge in [-0.25, -0.2) is 0 Å². The van der Waals surface area contributed by atoms with Crippen LogP contribution < -0.4 is 4.90 Å². The summed E-state index contributed by atoms with van der Waals surface area (Å²) in [6.45, 7) is 1.83. The van der Waals surface area contributed by atoms with Gasteiger partial charge in [-0.05, 0) is 14.1 Å². The monoisotopic (exact) mass is 236 g/mol. The average Bonchev–Trinajstić information content (AvgIpc) is 2.82. The maximum Gasteiger partial charge on any atom is 0.235 e. The molecule has 1 aliphatic heterocycles. The SMILES string of the molecule is CN(C)CCn1cc(N2CC(=O)CC2=O)cn1. The van der Waals surface area contributed by atoms with Gasteiger partial charge < -0.3 is 9.80 Å². The second kappa shape index (κ2) is 4.67. The number of Topliss-reactive ketones (excluding diaryl/α,β-unsaturated/α-hetero) is 1. The number of ketones is 1. The van der Waals surface area contributed by atoms with E-state index in [1.807, 2.05) is 14.1 Å². The van der Waals surface area contributed by atoms with Crippen LogP contribution in [0.25, 0.3) is 0 Å². The Morgan fingerprint density at radius 1 is 1.41 bits per heavy atom. The van der Waals surface area contributed by atoms with Crippen molar-refractivity contribution in [3.05, 3.63) is 12.4 Å². The lowest BCUT2D eigenvalue weighted by Gasteiger charge is -2.11. The van der Waals surface area contributed by atoms with Crippen LogP contribution in [0, 0.1) is 0 Å². The van der Waals surface area contributed by atoms with Gasteiger partial charge in [0.25, 0.3) is 0 Å². The quantitative estimate of drug-likeness (QED) is 0.676. The third-order valence-corrected chi connectivity index (χ3v) is 2.69. The number of amides is 1. The molecule has 92 valence electrons. The van der Waals surface area contributed by atoms with Crippen LogP contribution in [0.1, 0.15) is 6.42 Å². The highest BCUT2D eigenvalue weighted by molar-refractivity contribution is 6.14. The summed E-state index contributed by atoms with van der Waals surface area (Å²) in [7, 11) is 3.99. The largest absolute Gasteiger partial charge is 0.308 e. The van der Waals surface area contributed by atoms with E-state index in [1.54, 1.807) is 17.1 Å². The molecule has 0 radical (unpaired) electrons. The molecule has 1 amide bonds. The van der Waals surface area contributed by atoms with Crippen molar-refractivity contribution < 1.29 is 9.59 Å². The zero-order valence-corrected chi connectivity index (χ0v) is 10.1. The van der Waals surface area contributed by atoms with E-state index in [4.69, 9.17) is 0 Å². The van der Waals surface area contributed by atoms with E-state index in [-0.39, 0.29) is 24.7 Å². The number of hydrogen-bond donors (Lipinski definition) is 0. The lowest BCUT2D eigenvalue weighted by Crippen LogP contribution is -2.24. The van der Waals surface area contributed by atoms with Gasteiger partial charge in [0.15, 0.2) is 5.78 Å². The van der Waals surface area contributed by atoms with Crippen LogP contribution in [0.4, 0.5) is 5.69 Å². The summed E-state index contributed by atoms with van der Waals surface area (Å²) < 4.78 is 1.78. The van der Waals surface area contributed by atoms with Crippen LogP contribution in [0.15, 0.2) is 12.4 Å². The second-order valence-corrected chi connectivity index (χ2v) is 4.46. The summed E-state index contributed by atoms with van der Waals surface area (Å²) in [6.07, 6.45) is 3.45. The molecule has 0 atom stereocenters. The van der Waals surface area contributed by atoms with E-state index in [1.165, 1.54) is 4.90 Å². The van der Waals surface area contributed by atoms with E-state index >= 15 is 0 Å². The van der Waals surface area contributed by atoms with Gasteiger partial charge in [0, 0.05) is 12.7 Å². The predicted molar refractivity (Wildman–Crippen MR) is 62.8 cm³/mol. The first-order chi connectivity index (χ1) is 8.06. The van der Waals surface area contributed by atoms with Crippen LogP contribution in [0.2, 0.25) is 0 Å². The lowest BCUT2D eigenvalue weighted by atomic mass is 10.3. The number of likely N-dealkylation sites (N-methyl/N-ethyl adjacent to an activating group) is 1. The first kappa shape index (κ1) is 11.8. The molecule has 0 unspecified atom stereocenters. The average molecular weight is 236 g/mol. The van der Waals surface area contributed by atoms with Crippen molar-refractivity contribution in [1.29, 1.82) is 0 Å². The lowest BCUT2D eigenvalue weighted by molar-refractivity contribution is -0.121. The van der Waals surface area contributed by atoms with E-state index in [2.05, 4.69) is 10.00 Å². The molecule has 0 bridgehead atoms. The molecule has 0 saturated carbocycles. The Hall–Kier alpha value is -1.69. The van der Waals surface area contributed by atoms with Gasteiger partial charge in [-0.3, -0.25) is 14.3 Å². The summed E-state index contributed by atoms with van der Waals surface area (Å²) in [6, 6.07) is 0. The first-order valence-corrected chi connectivity index (χ1v) is 5.55. The minimum atomic E-state index is -0.137. The van der Waals surface area contributed by atoms with Crippen LogP contribution in [0.5, 0.6) is 0 Å². The van der Waals surface area contributed by atoms with Crippen LogP contribution >= 0.6 is 0 Å². The van der Waals surface area contributed by atoms with Crippen molar-refractivity contribution >= 4 is 17.4 Å². The summed E-state index contributed by atoms with van der Waals surface area (Å²) >= 11 is 0. The van der Waals surface area contributed by atoms with E-state index in [0.29, 0.717) is 5.69 Å². The second-order valence-electron chi connectivity index (χ2n) is 4.46. The Bertz CT molecular complexity index is 438. The fourth-order valence-electron chi connectivity index (χ4n) is 1.74. The van der Waals surface area contributed by atoms with Crippen molar-refractivity contribution in [2.45, 2.75) is 13.0 Å². The molecular weight excluding hydrogens is 220 g/mol. The van der Waals surface area contributed by atoms with Crippen molar-refractivity contribution in [2.75, 3.05) is 32.1 Å². The topological polar surface area (TPSA) is 58.4 Å². The van der Waals surface area contributed by atoms with Crippen LogP contribution in [-0.4, -0.2) is 53.6 Å². The Morgan fingerprint density at radius 2 is 2.18 bits per heavy atom. The highest BCUT2D eigenvalue weighted by Gasteiger charge is 2.29. The Morgan fingerprint density at radius 3 is 2.76 bits per heavy atom. The van der Waals surface area contributed by atoms with E-state index < -0.39 is 0 Å². The molecule has 1 saturated heterocycles. The summed E-state index contributed by atoms with van der Waals surface area (Å²) in [5, 5.41) is 4.18. The molecule has 1 aromatic heterocycles. The molecule has 1 fully saturated rings. The van der Waals surface area contributed by atoms with E-state index in [0.717, 1.165) is 13.1 Å². The molecule has 1 aromatic rings. The molecule has 17 heavy (non-hydrogen) atoms. The van der Waals surface area contributed by atoms with Crippen molar-refractivity contribution in [3.63, 3.8) is 0 Å². The highest BCUT2D eigenvalue weighted by atomic mass is 16.2. The van der Waals surface area contributed by atoms with Gasteiger partial charge in [-0.2, -0.15) is 5.10 Å². The standard InChI is InChI=1S/C11H16N4O2/c1-13(2)3-4-14-7-9(6-12-14)15-8-10(16)5-11(15)17/h6-7H,3-5,8H2,1-2H3. The van der Waals surface area contributed by atoms with Gasteiger partial charge in [-0.1, -0.05) is 0 Å². The molecular formula is C11H16N4O2.